The van der Waals surface area contributed by atoms with Crippen LogP contribution in [0.4, 0.5) is 4.79 Å². The van der Waals surface area contributed by atoms with Crippen LogP contribution in [0.5, 0.6) is 5.75 Å². The maximum Gasteiger partial charge on any atom is 0.410 e. The van der Waals surface area contributed by atoms with E-state index in [9.17, 15) is 9.59 Å². The van der Waals surface area contributed by atoms with Crippen LogP contribution in [-0.4, -0.2) is 47.7 Å². The van der Waals surface area contributed by atoms with Crippen LogP contribution in [0.15, 0.2) is 24.3 Å². The van der Waals surface area contributed by atoms with Gasteiger partial charge in [-0.2, -0.15) is 0 Å². The maximum atomic E-state index is 12.4. The van der Waals surface area contributed by atoms with Gasteiger partial charge in [-0.1, -0.05) is 18.2 Å². The van der Waals surface area contributed by atoms with E-state index in [-0.39, 0.29) is 18.0 Å². The lowest BCUT2D eigenvalue weighted by atomic mass is 10.0. The normalized spacial score (nSPS) is 20.6. The quantitative estimate of drug-likeness (QED) is 0.893. The van der Waals surface area contributed by atoms with Crippen LogP contribution in [0, 0.1) is 0 Å². The molecular formula is C19H26N2O4. The van der Waals surface area contributed by atoms with E-state index in [2.05, 4.69) is 5.32 Å². The fraction of sp³-hybridized carbons (Fsp3) is 0.579. The molecule has 6 heteroatoms. The molecule has 2 heterocycles. The van der Waals surface area contributed by atoms with Crippen LogP contribution in [0.2, 0.25) is 0 Å². The number of amides is 2. The molecule has 1 aromatic carbocycles. The molecule has 0 bridgehead atoms. The van der Waals surface area contributed by atoms with Crippen molar-refractivity contribution in [3.05, 3.63) is 29.8 Å². The van der Waals surface area contributed by atoms with E-state index in [0.717, 1.165) is 24.2 Å². The van der Waals surface area contributed by atoms with Crippen molar-refractivity contribution in [2.24, 2.45) is 0 Å². The first-order valence-electron chi connectivity index (χ1n) is 8.85. The molecule has 0 radical (unpaired) electrons. The Bertz CT molecular complexity index is 620. The number of para-hydroxylation sites is 1. The van der Waals surface area contributed by atoms with Crippen LogP contribution in [-0.2, 0) is 16.0 Å². The zero-order valence-electron chi connectivity index (χ0n) is 15.1. The fourth-order valence-corrected chi connectivity index (χ4v) is 3.16. The van der Waals surface area contributed by atoms with E-state index in [4.69, 9.17) is 9.47 Å². The predicted octanol–water partition coefficient (Wildman–Crippen LogP) is 2.51. The molecule has 2 aliphatic rings. The Hall–Kier alpha value is -2.24. The molecule has 2 amide bonds. The second-order valence-electron chi connectivity index (χ2n) is 7.67. The minimum atomic E-state index is -0.489. The second kappa shape index (κ2) is 6.94. The van der Waals surface area contributed by atoms with Gasteiger partial charge in [-0.25, -0.2) is 4.79 Å². The van der Waals surface area contributed by atoms with Gasteiger partial charge in [0, 0.05) is 25.6 Å². The van der Waals surface area contributed by atoms with E-state index in [1.165, 1.54) is 0 Å². The summed E-state index contributed by atoms with van der Waals surface area (Å²) >= 11 is 0. The van der Waals surface area contributed by atoms with Gasteiger partial charge in [-0.3, -0.25) is 4.79 Å². The topological polar surface area (TPSA) is 67.9 Å². The van der Waals surface area contributed by atoms with Gasteiger partial charge in [0.25, 0.3) is 5.91 Å². The van der Waals surface area contributed by atoms with Gasteiger partial charge in [0.05, 0.1) is 0 Å². The standard InChI is InChI=1S/C19H26N2O4/c1-19(2,3)25-18(23)21-10-8-14(9-11-21)20-17(22)16-12-13-6-4-5-7-15(13)24-16/h4-7,14,16H,8-12H2,1-3H3,(H,20,22)/t16-/m0/s1. The third-order valence-corrected chi connectivity index (χ3v) is 4.43. The summed E-state index contributed by atoms with van der Waals surface area (Å²) in [6.45, 7) is 6.75. The number of fused-ring (bicyclic) bond motifs is 1. The number of rotatable bonds is 2. The Balaban J connectivity index is 1.45. The molecule has 1 aromatic rings. The zero-order chi connectivity index (χ0) is 18.0. The molecule has 1 atom stereocenters. The van der Waals surface area contributed by atoms with Crippen LogP contribution in [0.3, 0.4) is 0 Å². The number of benzene rings is 1. The first-order valence-corrected chi connectivity index (χ1v) is 8.85. The maximum absolute atomic E-state index is 12.4. The first-order chi connectivity index (χ1) is 11.8. The van der Waals surface area contributed by atoms with Crippen LogP contribution in [0.1, 0.15) is 39.2 Å². The number of hydrogen-bond donors (Lipinski definition) is 1. The third-order valence-electron chi connectivity index (χ3n) is 4.43. The number of ether oxygens (including phenoxy) is 2. The van der Waals surface area contributed by atoms with Crippen molar-refractivity contribution in [1.82, 2.24) is 10.2 Å². The Labute approximate surface area is 148 Å². The molecule has 0 saturated carbocycles. The SMILES string of the molecule is CC(C)(C)OC(=O)N1CCC(NC(=O)[C@@H]2Cc3ccccc3O2)CC1. The number of nitrogens with one attached hydrogen (secondary N) is 1. The van der Waals surface area contributed by atoms with Crippen molar-refractivity contribution in [2.45, 2.75) is 57.8 Å². The molecule has 1 saturated heterocycles. The number of nitrogens with zero attached hydrogens (tertiary/aromatic N) is 1. The fourth-order valence-electron chi connectivity index (χ4n) is 3.16. The molecule has 0 spiro atoms. The lowest BCUT2D eigenvalue weighted by molar-refractivity contribution is -0.128. The zero-order valence-corrected chi connectivity index (χ0v) is 15.1. The summed E-state index contributed by atoms with van der Waals surface area (Å²) in [5.41, 5.74) is 0.583. The van der Waals surface area contributed by atoms with Gasteiger partial charge >= 0.3 is 6.09 Å². The minimum absolute atomic E-state index is 0.0681. The molecular weight excluding hydrogens is 320 g/mol. The van der Waals surface area contributed by atoms with Crippen molar-refractivity contribution in [1.29, 1.82) is 0 Å². The van der Waals surface area contributed by atoms with Gasteiger partial charge < -0.3 is 19.7 Å². The highest BCUT2D eigenvalue weighted by atomic mass is 16.6. The Morgan fingerprint density at radius 1 is 1.20 bits per heavy atom. The van der Waals surface area contributed by atoms with Gasteiger partial charge in [-0.15, -0.1) is 0 Å². The number of carbonyl (C=O) groups excluding carboxylic acids is 2. The molecule has 6 nitrogen and oxygen atoms in total. The predicted molar refractivity (Wildman–Crippen MR) is 93.5 cm³/mol. The lowest BCUT2D eigenvalue weighted by Gasteiger charge is -2.34. The Morgan fingerprint density at radius 3 is 2.52 bits per heavy atom. The summed E-state index contributed by atoms with van der Waals surface area (Å²) in [5, 5.41) is 3.06. The van der Waals surface area contributed by atoms with E-state index in [1.807, 2.05) is 45.0 Å². The molecule has 1 fully saturated rings. The molecule has 136 valence electrons. The Morgan fingerprint density at radius 2 is 1.88 bits per heavy atom. The summed E-state index contributed by atoms with van der Waals surface area (Å²) < 4.78 is 11.1. The second-order valence-corrected chi connectivity index (χ2v) is 7.67. The molecule has 3 rings (SSSR count). The third kappa shape index (κ3) is 4.44. The van der Waals surface area contributed by atoms with Gasteiger partial charge in [0.1, 0.15) is 11.4 Å². The smallest absolute Gasteiger partial charge is 0.410 e. The van der Waals surface area contributed by atoms with E-state index in [0.29, 0.717) is 19.5 Å². The monoisotopic (exact) mass is 346 g/mol. The average Bonchev–Trinajstić information content (AvgIpc) is 2.98. The van der Waals surface area contributed by atoms with Crippen molar-refractivity contribution in [3.63, 3.8) is 0 Å². The van der Waals surface area contributed by atoms with E-state index >= 15 is 0 Å². The van der Waals surface area contributed by atoms with Crippen LogP contribution < -0.4 is 10.1 Å². The van der Waals surface area contributed by atoms with E-state index in [1.54, 1.807) is 4.90 Å². The van der Waals surface area contributed by atoms with E-state index < -0.39 is 11.7 Å². The van der Waals surface area contributed by atoms with Gasteiger partial charge in [-0.05, 0) is 45.2 Å². The molecule has 0 aromatic heterocycles. The number of hydrogen-bond acceptors (Lipinski definition) is 4. The minimum Gasteiger partial charge on any atom is -0.480 e. The highest BCUT2D eigenvalue weighted by molar-refractivity contribution is 5.82. The number of carbonyl (C=O) groups is 2. The highest BCUT2D eigenvalue weighted by Crippen LogP contribution is 2.28. The first kappa shape index (κ1) is 17.6. The van der Waals surface area contributed by atoms with Gasteiger partial charge in [0.15, 0.2) is 6.10 Å². The highest BCUT2D eigenvalue weighted by Gasteiger charge is 2.32. The molecule has 25 heavy (non-hydrogen) atoms. The van der Waals surface area contributed by atoms with Crippen molar-refractivity contribution in [2.75, 3.05) is 13.1 Å². The number of likely N-dealkylation sites (tertiary alicyclic amines) is 1. The summed E-state index contributed by atoms with van der Waals surface area (Å²) in [6.07, 6.45) is 1.32. The lowest BCUT2D eigenvalue weighted by Crippen LogP contribution is -2.50. The molecule has 0 aliphatic carbocycles. The summed E-state index contributed by atoms with van der Waals surface area (Å²) in [7, 11) is 0. The summed E-state index contributed by atoms with van der Waals surface area (Å²) in [5.74, 6) is 0.717. The van der Waals surface area contributed by atoms with Crippen molar-refractivity contribution in [3.8, 4) is 5.75 Å². The molecule has 1 N–H and O–H groups in total. The molecule has 0 unspecified atom stereocenters. The van der Waals surface area contributed by atoms with Crippen LogP contribution >= 0.6 is 0 Å². The Kier molecular flexibility index (Phi) is 4.88. The van der Waals surface area contributed by atoms with Gasteiger partial charge in [0.2, 0.25) is 0 Å². The van der Waals surface area contributed by atoms with Crippen molar-refractivity contribution < 1.29 is 19.1 Å². The van der Waals surface area contributed by atoms with Crippen molar-refractivity contribution >= 4 is 12.0 Å². The molecule has 2 aliphatic heterocycles. The number of piperidine rings is 1. The van der Waals surface area contributed by atoms with Crippen LogP contribution in [0.25, 0.3) is 0 Å². The average molecular weight is 346 g/mol. The largest absolute Gasteiger partial charge is 0.480 e. The summed E-state index contributed by atoms with van der Waals surface area (Å²) in [6, 6.07) is 7.81. The summed E-state index contributed by atoms with van der Waals surface area (Å²) in [4.78, 5) is 26.2.